The molecule has 2 rings (SSSR count). The molecule has 2 aliphatic rings. The molecule has 2 heterocycles. The van der Waals surface area contributed by atoms with E-state index in [1.54, 1.807) is 0 Å². The van der Waals surface area contributed by atoms with Crippen LogP contribution in [0, 0.1) is 0 Å². The SMILES string of the molecule is CCNC(C1=CCCO1)C1CSCCN1C. The Morgan fingerprint density at radius 1 is 1.69 bits per heavy atom. The molecule has 0 saturated carbocycles. The molecular weight excluding hydrogens is 220 g/mol. The summed E-state index contributed by atoms with van der Waals surface area (Å²) < 4.78 is 5.73. The minimum absolute atomic E-state index is 0.380. The molecule has 0 bridgehead atoms. The average molecular weight is 242 g/mol. The Labute approximate surface area is 103 Å². The Bertz CT molecular complexity index is 257. The topological polar surface area (TPSA) is 24.5 Å². The molecule has 0 aromatic carbocycles. The molecule has 0 aliphatic carbocycles. The first-order valence-electron chi connectivity index (χ1n) is 6.17. The number of thioether (sulfide) groups is 1. The molecule has 1 saturated heterocycles. The van der Waals surface area contributed by atoms with Gasteiger partial charge in [0.15, 0.2) is 0 Å². The molecule has 2 unspecified atom stereocenters. The molecule has 3 nitrogen and oxygen atoms in total. The Kier molecular flexibility index (Phi) is 4.55. The van der Waals surface area contributed by atoms with Crippen LogP contribution >= 0.6 is 11.8 Å². The minimum atomic E-state index is 0.380. The highest BCUT2D eigenvalue weighted by Crippen LogP contribution is 2.24. The Morgan fingerprint density at radius 2 is 2.56 bits per heavy atom. The highest BCUT2D eigenvalue weighted by molar-refractivity contribution is 7.99. The van der Waals surface area contributed by atoms with Gasteiger partial charge >= 0.3 is 0 Å². The molecule has 1 N–H and O–H groups in total. The first kappa shape index (κ1) is 12.3. The monoisotopic (exact) mass is 242 g/mol. The first-order chi connectivity index (χ1) is 7.83. The van der Waals surface area contributed by atoms with Crippen molar-refractivity contribution in [3.63, 3.8) is 0 Å². The molecule has 4 heteroatoms. The van der Waals surface area contributed by atoms with Crippen molar-refractivity contribution in [3.8, 4) is 0 Å². The zero-order chi connectivity index (χ0) is 11.4. The standard InChI is InChI=1S/C12H22N2OS/c1-3-13-12(11-5-4-7-15-11)10-9-16-8-6-14(10)2/h5,10,12-13H,3-4,6-9H2,1-2H3. The molecule has 92 valence electrons. The maximum Gasteiger partial charge on any atom is 0.111 e. The lowest BCUT2D eigenvalue weighted by Crippen LogP contribution is -2.53. The number of nitrogens with zero attached hydrogens (tertiary/aromatic N) is 1. The van der Waals surface area contributed by atoms with Crippen LogP contribution in [0.2, 0.25) is 0 Å². The predicted octanol–water partition coefficient (Wildman–Crippen LogP) is 1.32. The fourth-order valence-electron chi connectivity index (χ4n) is 2.36. The van der Waals surface area contributed by atoms with Crippen molar-refractivity contribution in [3.05, 3.63) is 11.8 Å². The number of nitrogens with one attached hydrogen (secondary N) is 1. The van der Waals surface area contributed by atoms with Gasteiger partial charge in [-0.15, -0.1) is 0 Å². The van der Waals surface area contributed by atoms with Crippen molar-refractivity contribution >= 4 is 11.8 Å². The van der Waals surface area contributed by atoms with Gasteiger partial charge < -0.3 is 10.1 Å². The molecule has 0 aromatic rings. The molecule has 2 aliphatic heterocycles. The second-order valence-corrected chi connectivity index (χ2v) is 5.55. The van der Waals surface area contributed by atoms with E-state index in [1.807, 2.05) is 0 Å². The average Bonchev–Trinajstić information content (AvgIpc) is 2.80. The van der Waals surface area contributed by atoms with Crippen molar-refractivity contribution in [2.45, 2.75) is 25.4 Å². The molecule has 0 amide bonds. The summed E-state index contributed by atoms with van der Waals surface area (Å²) in [6.45, 7) is 5.21. The van der Waals surface area contributed by atoms with E-state index in [0.717, 1.165) is 19.6 Å². The van der Waals surface area contributed by atoms with Gasteiger partial charge in [0.25, 0.3) is 0 Å². The number of hydrogen-bond donors (Lipinski definition) is 1. The van der Waals surface area contributed by atoms with Crippen LogP contribution in [0.1, 0.15) is 13.3 Å². The van der Waals surface area contributed by atoms with Gasteiger partial charge in [0.2, 0.25) is 0 Å². The third-order valence-electron chi connectivity index (χ3n) is 3.29. The highest BCUT2D eigenvalue weighted by Gasteiger charge is 2.31. The van der Waals surface area contributed by atoms with Crippen molar-refractivity contribution < 1.29 is 4.74 Å². The van der Waals surface area contributed by atoms with Crippen LogP contribution in [0.25, 0.3) is 0 Å². The second-order valence-electron chi connectivity index (χ2n) is 4.40. The van der Waals surface area contributed by atoms with Crippen LogP contribution in [0.5, 0.6) is 0 Å². The summed E-state index contributed by atoms with van der Waals surface area (Å²) in [5.41, 5.74) is 0. The maximum absolute atomic E-state index is 5.73. The Balaban J connectivity index is 2.04. The van der Waals surface area contributed by atoms with E-state index in [2.05, 4.69) is 42.0 Å². The van der Waals surface area contributed by atoms with E-state index < -0.39 is 0 Å². The van der Waals surface area contributed by atoms with Gasteiger partial charge in [-0.3, -0.25) is 4.90 Å². The van der Waals surface area contributed by atoms with Gasteiger partial charge in [-0.25, -0.2) is 0 Å². The van der Waals surface area contributed by atoms with Crippen molar-refractivity contribution in [1.29, 1.82) is 0 Å². The van der Waals surface area contributed by atoms with Gasteiger partial charge in [-0.05, 0) is 19.7 Å². The van der Waals surface area contributed by atoms with E-state index in [-0.39, 0.29) is 0 Å². The van der Waals surface area contributed by atoms with Crippen LogP contribution in [-0.4, -0.2) is 55.2 Å². The third kappa shape index (κ3) is 2.73. The summed E-state index contributed by atoms with van der Waals surface area (Å²) in [5, 5.41) is 3.58. The van der Waals surface area contributed by atoms with Crippen LogP contribution in [0.3, 0.4) is 0 Å². The Hall–Kier alpha value is -0.190. The number of likely N-dealkylation sites (N-methyl/N-ethyl adjacent to an activating group) is 2. The lowest BCUT2D eigenvalue weighted by Gasteiger charge is -2.38. The summed E-state index contributed by atoms with van der Waals surface area (Å²) in [5.74, 6) is 3.63. The van der Waals surface area contributed by atoms with E-state index >= 15 is 0 Å². The van der Waals surface area contributed by atoms with E-state index in [1.165, 1.54) is 23.8 Å². The fraction of sp³-hybridized carbons (Fsp3) is 0.833. The van der Waals surface area contributed by atoms with Crippen molar-refractivity contribution in [2.75, 3.05) is 38.2 Å². The summed E-state index contributed by atoms with van der Waals surface area (Å²) in [6.07, 6.45) is 3.32. The first-order valence-corrected chi connectivity index (χ1v) is 7.32. The Morgan fingerprint density at radius 3 is 3.19 bits per heavy atom. The zero-order valence-corrected chi connectivity index (χ0v) is 11.1. The molecule has 0 radical (unpaired) electrons. The van der Waals surface area contributed by atoms with Crippen LogP contribution < -0.4 is 5.32 Å². The number of ether oxygens (including phenoxy) is 1. The lowest BCUT2D eigenvalue weighted by atomic mass is 10.1. The minimum Gasteiger partial charge on any atom is -0.496 e. The molecule has 1 fully saturated rings. The summed E-state index contributed by atoms with van der Waals surface area (Å²) in [4.78, 5) is 2.46. The fourth-order valence-corrected chi connectivity index (χ4v) is 3.63. The summed E-state index contributed by atoms with van der Waals surface area (Å²) in [6, 6.07) is 0.952. The normalized spacial score (nSPS) is 28.6. The van der Waals surface area contributed by atoms with E-state index in [4.69, 9.17) is 4.74 Å². The molecule has 0 aromatic heterocycles. The van der Waals surface area contributed by atoms with Crippen LogP contribution in [0.4, 0.5) is 0 Å². The van der Waals surface area contributed by atoms with Gasteiger partial charge in [-0.2, -0.15) is 11.8 Å². The number of rotatable bonds is 4. The van der Waals surface area contributed by atoms with Crippen LogP contribution in [-0.2, 0) is 4.74 Å². The second kappa shape index (κ2) is 5.94. The van der Waals surface area contributed by atoms with E-state index in [9.17, 15) is 0 Å². The lowest BCUT2D eigenvalue weighted by molar-refractivity contribution is 0.162. The van der Waals surface area contributed by atoms with Gasteiger partial charge in [0.05, 0.1) is 12.6 Å². The van der Waals surface area contributed by atoms with Gasteiger partial charge in [0.1, 0.15) is 5.76 Å². The zero-order valence-electron chi connectivity index (χ0n) is 10.2. The van der Waals surface area contributed by atoms with E-state index in [0.29, 0.717) is 12.1 Å². The quantitative estimate of drug-likeness (QED) is 0.803. The molecule has 2 atom stereocenters. The molecule has 0 spiro atoms. The summed E-state index contributed by atoms with van der Waals surface area (Å²) in [7, 11) is 2.23. The summed E-state index contributed by atoms with van der Waals surface area (Å²) >= 11 is 2.06. The van der Waals surface area contributed by atoms with Crippen LogP contribution in [0.15, 0.2) is 11.8 Å². The largest absolute Gasteiger partial charge is 0.496 e. The van der Waals surface area contributed by atoms with Crippen molar-refractivity contribution in [1.82, 2.24) is 10.2 Å². The highest BCUT2D eigenvalue weighted by atomic mass is 32.2. The molecule has 16 heavy (non-hydrogen) atoms. The van der Waals surface area contributed by atoms with Gasteiger partial charge in [0, 0.05) is 30.5 Å². The predicted molar refractivity (Wildman–Crippen MR) is 69.9 cm³/mol. The number of hydrogen-bond acceptors (Lipinski definition) is 4. The molecular formula is C12H22N2OS. The maximum atomic E-state index is 5.73. The third-order valence-corrected chi connectivity index (χ3v) is 4.34. The van der Waals surface area contributed by atoms with Gasteiger partial charge in [-0.1, -0.05) is 6.92 Å². The smallest absolute Gasteiger partial charge is 0.111 e. The van der Waals surface area contributed by atoms with Crippen molar-refractivity contribution in [2.24, 2.45) is 0 Å².